The summed E-state index contributed by atoms with van der Waals surface area (Å²) in [5.74, 6) is -2.93. The molecular formula is C26H21F2N3O4. The van der Waals surface area contributed by atoms with Crippen molar-refractivity contribution in [1.82, 2.24) is 10.2 Å². The van der Waals surface area contributed by atoms with Gasteiger partial charge in [-0.25, -0.2) is 13.6 Å². The molecule has 2 aliphatic rings. The third kappa shape index (κ3) is 3.78. The maximum atomic E-state index is 13.8. The Bertz CT molecular complexity index is 1330. The molecule has 9 heteroatoms. The van der Waals surface area contributed by atoms with Crippen molar-refractivity contribution in [3.05, 3.63) is 95.6 Å². The highest BCUT2D eigenvalue weighted by Gasteiger charge is 2.50. The second-order valence-electron chi connectivity index (χ2n) is 8.54. The van der Waals surface area contributed by atoms with Crippen LogP contribution in [0.4, 0.5) is 19.3 Å². The van der Waals surface area contributed by atoms with Crippen molar-refractivity contribution in [3.8, 4) is 5.75 Å². The number of hydrogen-bond donors (Lipinski definition) is 1. The second-order valence-corrected chi connectivity index (χ2v) is 8.54. The monoisotopic (exact) mass is 477 g/mol. The second kappa shape index (κ2) is 8.50. The van der Waals surface area contributed by atoms with Gasteiger partial charge in [-0.1, -0.05) is 48.5 Å². The number of rotatable bonds is 4. The van der Waals surface area contributed by atoms with Crippen LogP contribution in [0.2, 0.25) is 0 Å². The van der Waals surface area contributed by atoms with Gasteiger partial charge in [0.1, 0.15) is 24.4 Å². The predicted octanol–water partition coefficient (Wildman–Crippen LogP) is 3.90. The quantitative estimate of drug-likeness (QED) is 0.579. The number of para-hydroxylation sites is 2. The standard InChI is InChI=1S/C26H21F2N3O4/c1-26(17-11-12-18(27)19(28)13-17)24(33)30(25(34)29-26)14-23(32)31-20-9-5-6-10-22(20)35-15-21(31)16-7-3-2-4-8-16/h2-13,21H,14-15H2,1H3,(H,29,34)/t21-,26+/m1/s1. The Morgan fingerprint density at radius 3 is 2.49 bits per heavy atom. The van der Waals surface area contributed by atoms with Gasteiger partial charge in [0.05, 0.1) is 11.7 Å². The zero-order chi connectivity index (χ0) is 24.7. The van der Waals surface area contributed by atoms with E-state index in [9.17, 15) is 23.2 Å². The van der Waals surface area contributed by atoms with Crippen LogP contribution in [0.15, 0.2) is 72.8 Å². The number of carbonyl (C=O) groups is 3. The highest BCUT2D eigenvalue weighted by atomic mass is 19.2. The summed E-state index contributed by atoms with van der Waals surface area (Å²) >= 11 is 0. The Balaban J connectivity index is 1.46. The Hall–Kier alpha value is -4.27. The van der Waals surface area contributed by atoms with Crippen molar-refractivity contribution in [1.29, 1.82) is 0 Å². The molecule has 3 aromatic carbocycles. The summed E-state index contributed by atoms with van der Waals surface area (Å²) in [6.07, 6.45) is 0. The third-order valence-corrected chi connectivity index (χ3v) is 6.35. The van der Waals surface area contributed by atoms with E-state index in [0.717, 1.165) is 22.6 Å². The van der Waals surface area contributed by atoms with Crippen molar-refractivity contribution in [3.63, 3.8) is 0 Å². The number of imide groups is 1. The Kier molecular flexibility index (Phi) is 5.47. The lowest BCUT2D eigenvalue weighted by Crippen LogP contribution is -2.48. The fraction of sp³-hybridized carbons (Fsp3) is 0.192. The predicted molar refractivity (Wildman–Crippen MR) is 123 cm³/mol. The van der Waals surface area contributed by atoms with E-state index in [1.807, 2.05) is 30.3 Å². The fourth-order valence-electron chi connectivity index (χ4n) is 4.47. The molecule has 1 saturated heterocycles. The van der Waals surface area contributed by atoms with Crippen LogP contribution in [-0.2, 0) is 15.1 Å². The van der Waals surface area contributed by atoms with E-state index < -0.39 is 47.6 Å². The Morgan fingerprint density at radius 1 is 1.03 bits per heavy atom. The number of urea groups is 1. The lowest BCUT2D eigenvalue weighted by molar-refractivity contribution is -0.134. The molecule has 0 spiro atoms. The molecule has 0 unspecified atom stereocenters. The number of fused-ring (bicyclic) bond motifs is 1. The Labute approximate surface area is 199 Å². The maximum Gasteiger partial charge on any atom is 0.325 e. The number of anilines is 1. The van der Waals surface area contributed by atoms with E-state index in [2.05, 4.69) is 5.32 Å². The minimum atomic E-state index is -1.65. The molecule has 2 atom stereocenters. The van der Waals surface area contributed by atoms with Crippen LogP contribution in [0.5, 0.6) is 5.75 Å². The number of hydrogen-bond acceptors (Lipinski definition) is 4. The van der Waals surface area contributed by atoms with Crippen LogP contribution in [0, 0.1) is 11.6 Å². The van der Waals surface area contributed by atoms with Gasteiger partial charge in [0.15, 0.2) is 11.6 Å². The first-order valence-corrected chi connectivity index (χ1v) is 11.0. The minimum Gasteiger partial charge on any atom is -0.489 e. The summed E-state index contributed by atoms with van der Waals surface area (Å²) in [5, 5.41) is 2.52. The summed E-state index contributed by atoms with van der Waals surface area (Å²) in [6, 6.07) is 18.0. The molecule has 2 aliphatic heterocycles. The summed E-state index contributed by atoms with van der Waals surface area (Å²) in [5.41, 5.74) is -0.219. The van der Waals surface area contributed by atoms with Crippen molar-refractivity contribution in [2.45, 2.75) is 18.5 Å². The number of nitrogens with one attached hydrogen (secondary N) is 1. The van der Waals surface area contributed by atoms with Crippen molar-refractivity contribution >= 4 is 23.5 Å². The van der Waals surface area contributed by atoms with E-state index in [4.69, 9.17) is 4.74 Å². The van der Waals surface area contributed by atoms with Gasteiger partial charge in [0.25, 0.3) is 5.91 Å². The van der Waals surface area contributed by atoms with Gasteiger partial charge in [-0.3, -0.25) is 19.4 Å². The van der Waals surface area contributed by atoms with Crippen molar-refractivity contribution in [2.75, 3.05) is 18.1 Å². The van der Waals surface area contributed by atoms with E-state index in [1.165, 1.54) is 17.9 Å². The molecule has 0 aliphatic carbocycles. The van der Waals surface area contributed by atoms with Crippen LogP contribution >= 0.6 is 0 Å². The number of benzene rings is 3. The highest BCUT2D eigenvalue weighted by molar-refractivity contribution is 6.11. The van der Waals surface area contributed by atoms with Gasteiger partial charge in [0, 0.05) is 0 Å². The molecule has 0 radical (unpaired) electrons. The summed E-state index contributed by atoms with van der Waals surface area (Å²) in [7, 11) is 0. The van der Waals surface area contributed by atoms with Crippen molar-refractivity contribution in [2.24, 2.45) is 0 Å². The fourth-order valence-corrected chi connectivity index (χ4v) is 4.47. The highest BCUT2D eigenvalue weighted by Crippen LogP contribution is 2.39. The number of nitrogens with zero attached hydrogens (tertiary/aromatic N) is 2. The van der Waals surface area contributed by atoms with Gasteiger partial charge in [-0.2, -0.15) is 0 Å². The molecule has 0 bridgehead atoms. The van der Waals surface area contributed by atoms with Crippen LogP contribution in [-0.4, -0.2) is 35.9 Å². The number of halogens is 2. The van der Waals surface area contributed by atoms with Crippen LogP contribution in [0.25, 0.3) is 0 Å². The van der Waals surface area contributed by atoms with Crippen molar-refractivity contribution < 1.29 is 27.9 Å². The normalized spacial score (nSPS) is 21.4. The molecule has 2 heterocycles. The first kappa shape index (κ1) is 22.5. The molecule has 1 N–H and O–H groups in total. The molecule has 0 saturated carbocycles. The van der Waals surface area contributed by atoms with Gasteiger partial charge in [-0.05, 0) is 42.3 Å². The average molecular weight is 477 g/mol. The van der Waals surface area contributed by atoms with Gasteiger partial charge in [0.2, 0.25) is 5.91 Å². The molecule has 178 valence electrons. The first-order valence-electron chi connectivity index (χ1n) is 11.0. The van der Waals surface area contributed by atoms with Gasteiger partial charge < -0.3 is 10.1 Å². The largest absolute Gasteiger partial charge is 0.489 e. The minimum absolute atomic E-state index is 0.0728. The molecule has 0 aromatic heterocycles. The average Bonchev–Trinajstić information content (AvgIpc) is 3.09. The number of carbonyl (C=O) groups excluding carboxylic acids is 3. The number of amides is 4. The third-order valence-electron chi connectivity index (χ3n) is 6.35. The molecule has 4 amide bonds. The molecule has 5 rings (SSSR count). The SMILES string of the molecule is C[C@@]1(c2ccc(F)c(F)c2)NC(=O)N(CC(=O)N2c3ccccc3OC[C@@H]2c2ccccc2)C1=O. The lowest BCUT2D eigenvalue weighted by Gasteiger charge is -2.37. The maximum absolute atomic E-state index is 13.8. The molecule has 35 heavy (non-hydrogen) atoms. The smallest absolute Gasteiger partial charge is 0.325 e. The molecule has 7 nitrogen and oxygen atoms in total. The topological polar surface area (TPSA) is 79.0 Å². The van der Waals surface area contributed by atoms with Gasteiger partial charge >= 0.3 is 6.03 Å². The van der Waals surface area contributed by atoms with E-state index >= 15 is 0 Å². The first-order chi connectivity index (χ1) is 16.8. The van der Waals surface area contributed by atoms with E-state index in [-0.39, 0.29) is 12.2 Å². The summed E-state index contributed by atoms with van der Waals surface area (Å²) in [4.78, 5) is 42.0. The molecule has 3 aromatic rings. The molecule has 1 fully saturated rings. The van der Waals surface area contributed by atoms with Crippen LogP contribution < -0.4 is 15.0 Å². The van der Waals surface area contributed by atoms with E-state index in [1.54, 1.807) is 24.3 Å². The van der Waals surface area contributed by atoms with Crippen LogP contribution in [0.3, 0.4) is 0 Å². The van der Waals surface area contributed by atoms with E-state index in [0.29, 0.717) is 11.4 Å². The van der Waals surface area contributed by atoms with Gasteiger partial charge in [-0.15, -0.1) is 0 Å². The Morgan fingerprint density at radius 2 is 1.74 bits per heavy atom. The zero-order valence-corrected chi connectivity index (χ0v) is 18.7. The van der Waals surface area contributed by atoms with Crippen LogP contribution in [0.1, 0.15) is 24.1 Å². The lowest BCUT2D eigenvalue weighted by atomic mass is 9.92. The zero-order valence-electron chi connectivity index (χ0n) is 18.7. The number of ether oxygens (including phenoxy) is 1. The summed E-state index contributed by atoms with van der Waals surface area (Å²) < 4.78 is 33.1. The molecular weight excluding hydrogens is 456 g/mol. The summed E-state index contributed by atoms with van der Waals surface area (Å²) in [6.45, 7) is 1.04.